The highest BCUT2D eigenvalue weighted by Crippen LogP contribution is 2.33. The van der Waals surface area contributed by atoms with Crippen LogP contribution in [0, 0.1) is 0 Å². The summed E-state index contributed by atoms with van der Waals surface area (Å²) in [5.74, 6) is 0.687. The van der Waals surface area contributed by atoms with Crippen LogP contribution in [0.25, 0.3) is 21.3 Å². The number of nitrogens with zero attached hydrogens (tertiary/aromatic N) is 2. The molecule has 5 nitrogen and oxygen atoms in total. The molecule has 2 aromatic heterocycles. The first-order valence-corrected chi connectivity index (χ1v) is 11.5. The quantitative estimate of drug-likeness (QED) is 0.489. The molecular formula is C25H24N2O3S. The number of rotatable bonds is 6. The van der Waals surface area contributed by atoms with E-state index in [-0.39, 0.29) is 18.7 Å². The lowest BCUT2D eigenvalue weighted by molar-refractivity contribution is 0.0915. The number of thiophene rings is 1. The lowest BCUT2D eigenvalue weighted by Gasteiger charge is -2.14. The maximum atomic E-state index is 13.0. The lowest BCUT2D eigenvalue weighted by atomic mass is 9.97. The van der Waals surface area contributed by atoms with E-state index in [2.05, 4.69) is 17.1 Å². The zero-order chi connectivity index (χ0) is 21.2. The van der Waals surface area contributed by atoms with Crippen LogP contribution in [0.1, 0.15) is 23.3 Å². The van der Waals surface area contributed by atoms with Gasteiger partial charge in [0.15, 0.2) is 0 Å². The average Bonchev–Trinajstić information content (AvgIpc) is 3.20. The molecule has 1 aliphatic rings. The molecule has 1 aliphatic carbocycles. The maximum Gasteiger partial charge on any atom is 0.262 e. The molecule has 4 aromatic rings. The van der Waals surface area contributed by atoms with E-state index in [1.165, 1.54) is 21.4 Å². The van der Waals surface area contributed by atoms with Crippen molar-refractivity contribution in [3.05, 3.63) is 81.7 Å². The number of aliphatic hydroxyl groups is 1. The van der Waals surface area contributed by atoms with Gasteiger partial charge in [-0.1, -0.05) is 42.5 Å². The maximum absolute atomic E-state index is 13.0. The number of hydrogen-bond donors (Lipinski definition) is 1. The number of fused-ring (bicyclic) bond motifs is 3. The molecule has 158 valence electrons. The van der Waals surface area contributed by atoms with E-state index in [1.54, 1.807) is 17.7 Å². The van der Waals surface area contributed by atoms with Gasteiger partial charge in [-0.3, -0.25) is 9.36 Å². The molecule has 1 N–H and O–H groups in total. The Morgan fingerprint density at radius 2 is 1.77 bits per heavy atom. The number of aryl methyl sites for hydroxylation is 2. The first-order valence-electron chi connectivity index (χ1n) is 10.6. The van der Waals surface area contributed by atoms with Gasteiger partial charge in [-0.2, -0.15) is 0 Å². The Labute approximate surface area is 184 Å². The molecule has 0 spiro atoms. The molecule has 31 heavy (non-hydrogen) atoms. The Balaban J connectivity index is 1.25. The van der Waals surface area contributed by atoms with Crippen molar-refractivity contribution in [2.45, 2.75) is 38.3 Å². The van der Waals surface area contributed by atoms with Crippen LogP contribution in [0.5, 0.6) is 5.75 Å². The van der Waals surface area contributed by atoms with Crippen LogP contribution in [0.3, 0.4) is 0 Å². The second kappa shape index (κ2) is 8.65. The van der Waals surface area contributed by atoms with Gasteiger partial charge in [-0.15, -0.1) is 11.3 Å². The molecule has 5 rings (SSSR count). The van der Waals surface area contributed by atoms with Crippen molar-refractivity contribution in [2.75, 3.05) is 6.61 Å². The van der Waals surface area contributed by atoms with Gasteiger partial charge in [0.25, 0.3) is 5.56 Å². The summed E-state index contributed by atoms with van der Waals surface area (Å²) in [5.41, 5.74) is 3.36. The smallest absolute Gasteiger partial charge is 0.262 e. The molecule has 0 fully saturated rings. The summed E-state index contributed by atoms with van der Waals surface area (Å²) in [6, 6.07) is 17.9. The van der Waals surface area contributed by atoms with Gasteiger partial charge >= 0.3 is 0 Å². The highest BCUT2D eigenvalue weighted by atomic mass is 32.1. The first kappa shape index (κ1) is 20.0. The fourth-order valence-electron chi connectivity index (χ4n) is 4.16. The predicted molar refractivity (Wildman–Crippen MR) is 124 cm³/mol. The third kappa shape index (κ3) is 4.13. The van der Waals surface area contributed by atoms with Gasteiger partial charge in [0.1, 0.15) is 23.3 Å². The van der Waals surface area contributed by atoms with Crippen LogP contribution in [-0.2, 0) is 19.4 Å². The molecule has 0 saturated heterocycles. The van der Waals surface area contributed by atoms with Crippen LogP contribution in [-0.4, -0.2) is 27.4 Å². The monoisotopic (exact) mass is 432 g/mol. The fraction of sp³-hybridized carbons (Fsp3) is 0.280. The standard InChI is InChI=1S/C25H24N2O3S/c28-19(15-30-20-12-10-18(11-13-20)17-6-2-1-3-7-17)14-27-16-26-24-23(25(27)29)21-8-4-5-9-22(21)31-24/h1-3,6-7,10-13,16,19,28H,4-5,8-9,14-15H2. The molecule has 1 unspecified atom stereocenters. The van der Waals surface area contributed by atoms with E-state index in [1.807, 2.05) is 42.5 Å². The SMILES string of the molecule is O=c1c2c3c(sc2ncn1CC(O)COc1ccc(-c2ccccc2)cc1)CCCC3. The summed E-state index contributed by atoms with van der Waals surface area (Å²) >= 11 is 1.64. The third-order valence-corrected chi connectivity index (χ3v) is 6.95. The Morgan fingerprint density at radius 1 is 1.03 bits per heavy atom. The molecule has 1 atom stereocenters. The first-order chi connectivity index (χ1) is 15.2. The van der Waals surface area contributed by atoms with Crippen molar-refractivity contribution >= 4 is 21.6 Å². The number of benzene rings is 2. The van der Waals surface area contributed by atoms with Crippen LogP contribution in [0.15, 0.2) is 65.7 Å². The van der Waals surface area contributed by atoms with Crippen LogP contribution >= 0.6 is 11.3 Å². The average molecular weight is 433 g/mol. The molecule has 2 aromatic carbocycles. The minimum absolute atomic E-state index is 0.0596. The Bertz CT molecular complexity index is 1250. The largest absolute Gasteiger partial charge is 0.491 e. The van der Waals surface area contributed by atoms with E-state index in [4.69, 9.17) is 4.74 Å². The fourth-order valence-corrected chi connectivity index (χ4v) is 5.38. The Hall–Kier alpha value is -2.96. The number of aromatic nitrogens is 2. The topological polar surface area (TPSA) is 64.4 Å². The van der Waals surface area contributed by atoms with Gasteiger partial charge in [0.05, 0.1) is 18.3 Å². The minimum atomic E-state index is -0.805. The molecular weight excluding hydrogens is 408 g/mol. The molecule has 2 heterocycles. The zero-order valence-corrected chi connectivity index (χ0v) is 18.0. The highest BCUT2D eigenvalue weighted by Gasteiger charge is 2.20. The minimum Gasteiger partial charge on any atom is -0.491 e. The molecule has 0 aliphatic heterocycles. The molecule has 6 heteroatoms. The number of aliphatic hydroxyl groups excluding tert-OH is 1. The summed E-state index contributed by atoms with van der Waals surface area (Å²) < 4.78 is 7.26. The summed E-state index contributed by atoms with van der Waals surface area (Å²) in [7, 11) is 0. The lowest BCUT2D eigenvalue weighted by Crippen LogP contribution is -2.30. The van der Waals surface area contributed by atoms with Crippen LogP contribution in [0.4, 0.5) is 0 Å². The Kier molecular flexibility index (Phi) is 5.57. The van der Waals surface area contributed by atoms with E-state index < -0.39 is 6.10 Å². The van der Waals surface area contributed by atoms with E-state index in [0.717, 1.165) is 40.6 Å². The summed E-state index contributed by atoms with van der Waals surface area (Å²) in [6.45, 7) is 0.269. The zero-order valence-electron chi connectivity index (χ0n) is 17.2. The van der Waals surface area contributed by atoms with Gasteiger partial charge in [0, 0.05) is 4.88 Å². The van der Waals surface area contributed by atoms with Gasteiger partial charge in [-0.05, 0) is 54.5 Å². The highest BCUT2D eigenvalue weighted by molar-refractivity contribution is 7.18. The van der Waals surface area contributed by atoms with Crippen LogP contribution < -0.4 is 10.3 Å². The summed E-state index contributed by atoms with van der Waals surface area (Å²) in [4.78, 5) is 19.6. The van der Waals surface area contributed by atoms with E-state index >= 15 is 0 Å². The summed E-state index contributed by atoms with van der Waals surface area (Å²) in [6.07, 6.45) is 5.02. The molecule has 0 radical (unpaired) electrons. The van der Waals surface area contributed by atoms with Crippen LogP contribution in [0.2, 0.25) is 0 Å². The summed E-state index contributed by atoms with van der Waals surface area (Å²) in [5, 5.41) is 11.2. The van der Waals surface area contributed by atoms with Gasteiger partial charge in [0.2, 0.25) is 0 Å². The third-order valence-electron chi connectivity index (χ3n) is 5.75. The van der Waals surface area contributed by atoms with Crippen molar-refractivity contribution in [1.29, 1.82) is 0 Å². The van der Waals surface area contributed by atoms with Gasteiger partial charge < -0.3 is 9.84 Å². The number of hydrogen-bond acceptors (Lipinski definition) is 5. The van der Waals surface area contributed by atoms with Crippen molar-refractivity contribution in [2.24, 2.45) is 0 Å². The molecule has 0 bridgehead atoms. The molecule has 0 amide bonds. The second-order valence-electron chi connectivity index (χ2n) is 7.95. The molecule has 0 saturated carbocycles. The van der Waals surface area contributed by atoms with Gasteiger partial charge in [-0.25, -0.2) is 4.98 Å². The van der Waals surface area contributed by atoms with E-state index in [9.17, 15) is 9.90 Å². The Morgan fingerprint density at radius 3 is 2.58 bits per heavy atom. The predicted octanol–water partition coefficient (Wildman–Crippen LogP) is 4.44. The second-order valence-corrected chi connectivity index (χ2v) is 9.03. The van der Waals surface area contributed by atoms with E-state index in [0.29, 0.717) is 5.75 Å². The van der Waals surface area contributed by atoms with Crippen molar-refractivity contribution < 1.29 is 9.84 Å². The van der Waals surface area contributed by atoms with Crippen molar-refractivity contribution in [3.8, 4) is 16.9 Å². The normalized spacial score (nSPS) is 14.4. The number of ether oxygens (including phenoxy) is 1. The van der Waals surface area contributed by atoms with Crippen molar-refractivity contribution in [3.63, 3.8) is 0 Å². The van der Waals surface area contributed by atoms with Crippen molar-refractivity contribution in [1.82, 2.24) is 9.55 Å².